The molecule has 0 amide bonds. The maximum absolute atomic E-state index is 13.6. The van der Waals surface area contributed by atoms with E-state index in [-0.39, 0.29) is 12.8 Å². The first-order chi connectivity index (χ1) is 14.5. The zero-order valence-electron chi connectivity index (χ0n) is 18.1. The van der Waals surface area contributed by atoms with Gasteiger partial charge in [-0.2, -0.15) is 26.3 Å². The highest BCUT2D eigenvalue weighted by Crippen LogP contribution is 2.55. The van der Waals surface area contributed by atoms with Crippen LogP contribution in [-0.4, -0.2) is 28.7 Å². The topological polar surface area (TPSA) is 29.5 Å². The highest BCUT2D eigenvalue weighted by molar-refractivity contribution is 5.86. The molecule has 0 saturated heterocycles. The van der Waals surface area contributed by atoms with Gasteiger partial charge in [-0.3, -0.25) is 0 Å². The van der Waals surface area contributed by atoms with Gasteiger partial charge in [0, 0.05) is 0 Å². The number of hydrogen-bond acceptors (Lipinski definition) is 2. The number of ether oxygens (including phenoxy) is 1. The first-order valence-corrected chi connectivity index (χ1v) is 10.3. The molecule has 0 atom stereocenters. The molecule has 2 aromatic carbocycles. The van der Waals surface area contributed by atoms with Crippen molar-refractivity contribution in [3.63, 3.8) is 0 Å². The van der Waals surface area contributed by atoms with Gasteiger partial charge in [0.1, 0.15) is 5.60 Å². The Morgan fingerprint density at radius 2 is 1.44 bits per heavy atom. The fourth-order valence-electron chi connectivity index (χ4n) is 4.60. The molecule has 2 aromatic rings. The van der Waals surface area contributed by atoms with Gasteiger partial charge in [0.15, 0.2) is 0 Å². The quantitative estimate of drug-likeness (QED) is 0.475. The lowest BCUT2D eigenvalue weighted by molar-refractivity contribution is -0.421. The van der Waals surface area contributed by atoms with Crippen LogP contribution in [0.15, 0.2) is 43.0 Å². The van der Waals surface area contributed by atoms with E-state index in [9.17, 15) is 31.4 Å². The molecule has 1 N–H and O–H groups in total. The maximum atomic E-state index is 13.6. The second-order valence-electron chi connectivity index (χ2n) is 9.08. The van der Waals surface area contributed by atoms with Gasteiger partial charge in [-0.15, -0.1) is 0 Å². The van der Waals surface area contributed by atoms with Gasteiger partial charge in [0.2, 0.25) is 0 Å². The van der Waals surface area contributed by atoms with Gasteiger partial charge >= 0.3 is 12.4 Å². The lowest BCUT2D eigenvalue weighted by atomic mass is 9.81. The smallest absolute Gasteiger partial charge is 0.371 e. The van der Waals surface area contributed by atoms with Gasteiger partial charge < -0.3 is 9.84 Å². The molecule has 0 spiro atoms. The molecule has 0 aliphatic heterocycles. The molecule has 0 aromatic heterocycles. The summed E-state index contributed by atoms with van der Waals surface area (Å²) in [6.45, 7) is 7.03. The Hall–Kier alpha value is -2.06. The predicted octanol–water partition coefficient (Wildman–Crippen LogP) is 7.29. The largest absolute Gasteiger partial charge is 0.429 e. The van der Waals surface area contributed by atoms with Gasteiger partial charge in [-0.25, -0.2) is 0 Å². The Balaban J connectivity index is 2.12. The Morgan fingerprint density at radius 3 is 1.94 bits per heavy atom. The molecule has 1 aliphatic carbocycles. The summed E-state index contributed by atoms with van der Waals surface area (Å²) in [7, 11) is 0. The van der Waals surface area contributed by atoms with Crippen LogP contribution in [-0.2, 0) is 10.3 Å². The van der Waals surface area contributed by atoms with E-state index in [2.05, 4.69) is 6.58 Å². The second kappa shape index (κ2) is 7.76. The fraction of sp³-hybridized carbons (Fsp3) is 0.500. The van der Waals surface area contributed by atoms with E-state index in [4.69, 9.17) is 4.74 Å². The van der Waals surface area contributed by atoms with Crippen molar-refractivity contribution in [3.8, 4) is 0 Å². The van der Waals surface area contributed by atoms with Crippen molar-refractivity contribution in [2.24, 2.45) is 0 Å². The Kier molecular flexibility index (Phi) is 5.96. The molecule has 3 rings (SSSR count). The molecule has 0 radical (unpaired) electrons. The average molecular weight is 460 g/mol. The van der Waals surface area contributed by atoms with Gasteiger partial charge in [-0.05, 0) is 67.6 Å². The summed E-state index contributed by atoms with van der Waals surface area (Å²) in [4.78, 5) is 0. The van der Waals surface area contributed by atoms with Crippen molar-refractivity contribution in [1.29, 1.82) is 0 Å². The van der Waals surface area contributed by atoms with Crippen molar-refractivity contribution in [3.05, 3.63) is 54.1 Å². The van der Waals surface area contributed by atoms with Crippen molar-refractivity contribution < 1.29 is 36.2 Å². The summed E-state index contributed by atoms with van der Waals surface area (Å²) in [5.41, 5.74) is -7.23. The summed E-state index contributed by atoms with van der Waals surface area (Å²) in [6.07, 6.45) is -10.3. The second-order valence-corrected chi connectivity index (χ2v) is 9.08. The number of benzene rings is 2. The predicted molar refractivity (Wildman–Crippen MR) is 111 cm³/mol. The van der Waals surface area contributed by atoms with Crippen LogP contribution >= 0.6 is 0 Å². The van der Waals surface area contributed by atoms with Crippen molar-refractivity contribution >= 4 is 16.3 Å². The van der Waals surface area contributed by atoms with Gasteiger partial charge in [-0.1, -0.05) is 49.3 Å². The van der Waals surface area contributed by atoms with Crippen molar-refractivity contribution in [2.45, 2.75) is 75.6 Å². The molecule has 1 saturated carbocycles. The highest BCUT2D eigenvalue weighted by atomic mass is 19.4. The monoisotopic (exact) mass is 460 g/mol. The molecule has 0 heterocycles. The number of rotatable bonds is 5. The summed E-state index contributed by atoms with van der Waals surface area (Å²) in [5, 5.41) is 11.7. The molecule has 1 aliphatic rings. The maximum Gasteiger partial charge on any atom is 0.429 e. The number of halogens is 6. The Bertz CT molecular complexity index is 999. The number of fused-ring (bicyclic) bond motifs is 1. The number of allylic oxidation sites excluding steroid dienone is 1. The normalized spacial score (nSPS) is 17.7. The molecule has 0 unspecified atom stereocenters. The van der Waals surface area contributed by atoms with Crippen LogP contribution in [0.25, 0.3) is 16.3 Å². The summed E-state index contributed by atoms with van der Waals surface area (Å²) in [5.74, 6) is 0. The molecule has 2 nitrogen and oxygen atoms in total. The number of aliphatic hydroxyl groups is 1. The number of alkyl halides is 6. The molecule has 176 valence electrons. The van der Waals surface area contributed by atoms with Crippen LogP contribution in [0.2, 0.25) is 0 Å². The summed E-state index contributed by atoms with van der Waals surface area (Å²) >= 11 is 0. The lowest BCUT2D eigenvalue weighted by Crippen LogP contribution is -2.70. The summed E-state index contributed by atoms with van der Waals surface area (Å²) < 4.78 is 87.1. The van der Waals surface area contributed by atoms with Crippen molar-refractivity contribution in [1.82, 2.24) is 0 Å². The summed E-state index contributed by atoms with van der Waals surface area (Å²) in [6, 6.07) is 10.8. The van der Waals surface area contributed by atoms with E-state index >= 15 is 0 Å². The molecular weight excluding hydrogens is 434 g/mol. The van der Waals surface area contributed by atoms with Crippen LogP contribution in [0.3, 0.4) is 0 Å². The third-order valence-corrected chi connectivity index (χ3v) is 6.41. The van der Waals surface area contributed by atoms with E-state index in [0.717, 1.165) is 21.9 Å². The minimum Gasteiger partial charge on any atom is -0.371 e. The van der Waals surface area contributed by atoms with Crippen LogP contribution in [0, 0.1) is 0 Å². The van der Waals surface area contributed by atoms with Gasteiger partial charge in [0.05, 0.1) is 5.60 Å². The van der Waals surface area contributed by atoms with E-state index in [1.807, 2.05) is 25.1 Å². The zero-order chi connectivity index (χ0) is 24.2. The minimum absolute atomic E-state index is 0.244. The van der Waals surface area contributed by atoms with Gasteiger partial charge in [0.25, 0.3) is 5.60 Å². The van der Waals surface area contributed by atoms with E-state index in [1.54, 1.807) is 18.2 Å². The van der Waals surface area contributed by atoms with E-state index < -0.39 is 29.2 Å². The average Bonchev–Trinajstić information content (AvgIpc) is 3.13. The van der Waals surface area contributed by atoms with Crippen molar-refractivity contribution in [2.75, 3.05) is 0 Å². The Morgan fingerprint density at radius 1 is 0.906 bits per heavy atom. The number of hydrogen-bond donors (Lipinski definition) is 1. The highest BCUT2D eigenvalue weighted by Gasteiger charge is 2.78. The molecular formula is C24H26F6O2. The van der Waals surface area contributed by atoms with Crippen LogP contribution < -0.4 is 0 Å². The Labute approximate surface area is 182 Å². The molecule has 1 fully saturated rings. The minimum atomic E-state index is -5.98. The first kappa shape index (κ1) is 24.6. The fourth-order valence-corrected chi connectivity index (χ4v) is 4.60. The first-order valence-electron chi connectivity index (χ1n) is 10.3. The SMILES string of the molecule is C=C(C)c1ccc2ccc(C3(OC(C)(C)C(O)(C(F)(F)F)C(F)(F)F)CCCC3)cc2c1. The standard InChI is InChI=1S/C24H26F6O2/c1-15(2)17-8-7-16-9-10-19(14-18(16)13-17)21(11-5-6-12-21)32-20(3,4)22(31,23(25,26)27)24(28,29)30/h7-10,13-14,31H,1,5-6,11-12H2,2-4H3. The van der Waals surface area contributed by atoms with E-state index in [0.29, 0.717) is 32.3 Å². The molecule has 32 heavy (non-hydrogen) atoms. The third-order valence-electron chi connectivity index (χ3n) is 6.41. The van der Waals surface area contributed by atoms with E-state index in [1.165, 1.54) is 0 Å². The molecule has 0 bridgehead atoms. The van der Waals surface area contributed by atoms with Crippen LogP contribution in [0.1, 0.15) is 57.6 Å². The lowest BCUT2D eigenvalue weighted by Gasteiger charge is -2.48. The third kappa shape index (κ3) is 3.92. The zero-order valence-corrected chi connectivity index (χ0v) is 18.1. The van der Waals surface area contributed by atoms with Crippen LogP contribution in [0.4, 0.5) is 26.3 Å². The molecule has 8 heteroatoms. The van der Waals surface area contributed by atoms with Crippen LogP contribution in [0.5, 0.6) is 0 Å².